The largest absolute Gasteiger partial charge is 0.325 e. The molecule has 0 aliphatic rings. The summed E-state index contributed by atoms with van der Waals surface area (Å²) in [6.45, 7) is 4.20. The fourth-order valence-corrected chi connectivity index (χ4v) is 3.08. The van der Waals surface area contributed by atoms with Gasteiger partial charge in [-0.1, -0.05) is 43.8 Å². The molecule has 0 atom stereocenters. The Morgan fingerprint density at radius 2 is 2.04 bits per heavy atom. The topological polar surface area (TPSA) is 74.8 Å². The maximum atomic E-state index is 11.9. The second kappa shape index (κ2) is 8.79. The highest BCUT2D eigenvalue weighted by atomic mass is 32.2. The van der Waals surface area contributed by atoms with Crippen LogP contribution in [0.3, 0.4) is 0 Å². The molecule has 5 nitrogen and oxygen atoms in total. The van der Waals surface area contributed by atoms with Crippen LogP contribution in [0, 0.1) is 0 Å². The number of hydrogen-bond donors (Lipinski definition) is 2. The molecule has 0 unspecified atom stereocenters. The molecule has 0 aliphatic carbocycles. The molecule has 0 saturated heterocycles. The average molecular weight is 349 g/mol. The van der Waals surface area contributed by atoms with Crippen molar-refractivity contribution in [3.05, 3.63) is 52.4 Å². The number of benzene rings is 1. The van der Waals surface area contributed by atoms with Crippen molar-refractivity contribution in [1.82, 2.24) is 9.97 Å². The van der Waals surface area contributed by atoms with Gasteiger partial charge in [-0.15, -0.1) is 0 Å². The Balaban J connectivity index is 1.92. The first-order chi connectivity index (χ1) is 11.0. The zero-order valence-corrected chi connectivity index (χ0v) is 14.7. The highest BCUT2D eigenvalue weighted by Crippen LogP contribution is 2.17. The maximum absolute atomic E-state index is 11.9. The van der Waals surface area contributed by atoms with Gasteiger partial charge in [-0.2, -0.15) is 11.8 Å². The smallest absolute Gasteiger partial charge is 0.251 e. The van der Waals surface area contributed by atoms with Crippen LogP contribution in [0.4, 0.5) is 5.69 Å². The van der Waals surface area contributed by atoms with Crippen molar-refractivity contribution < 1.29 is 4.79 Å². The predicted molar refractivity (Wildman–Crippen MR) is 97.1 cm³/mol. The van der Waals surface area contributed by atoms with Gasteiger partial charge in [-0.05, 0) is 17.4 Å². The summed E-state index contributed by atoms with van der Waals surface area (Å²) in [6.07, 6.45) is 0. The highest BCUT2D eigenvalue weighted by Gasteiger charge is 2.07. The molecule has 0 bridgehead atoms. The number of nitrogens with zero attached hydrogens (tertiary/aromatic N) is 1. The number of amides is 1. The summed E-state index contributed by atoms with van der Waals surface area (Å²) in [5, 5.41) is 3.75. The Hall–Kier alpha value is -1.73. The molecule has 0 fully saturated rings. The van der Waals surface area contributed by atoms with Crippen LogP contribution in [0.5, 0.6) is 0 Å². The first-order valence-electron chi connectivity index (χ1n) is 7.22. The van der Waals surface area contributed by atoms with E-state index in [9.17, 15) is 9.59 Å². The fraction of sp³-hybridized carbons (Fsp3) is 0.312. The Bertz CT molecular complexity index is 702. The number of nitrogens with one attached hydrogen (secondary N) is 2. The third-order valence-corrected chi connectivity index (χ3v) is 4.74. The Kier molecular flexibility index (Phi) is 6.73. The molecule has 0 spiro atoms. The predicted octanol–water partition coefficient (Wildman–Crippen LogP) is 3.14. The minimum Gasteiger partial charge on any atom is -0.325 e. The van der Waals surface area contributed by atoms with Gasteiger partial charge in [0.2, 0.25) is 5.91 Å². The van der Waals surface area contributed by atoms with Crippen LogP contribution in [-0.2, 0) is 10.5 Å². The second-order valence-electron chi connectivity index (χ2n) is 5.10. The first kappa shape index (κ1) is 17.6. The number of para-hydroxylation sites is 1. The number of H-pyrrole nitrogens is 1. The molecule has 23 heavy (non-hydrogen) atoms. The standard InChI is InChI=1S/C16H19N3O2S2/c1-11(2)22-9-13-8-14(20)19-16(18-13)23-10-15(21)17-12-6-4-3-5-7-12/h3-8,11H,9-10H2,1-2H3,(H,17,21)(H,18,19,20). The number of thioether (sulfide) groups is 2. The van der Waals surface area contributed by atoms with E-state index >= 15 is 0 Å². The van der Waals surface area contributed by atoms with E-state index < -0.39 is 0 Å². The van der Waals surface area contributed by atoms with Crippen LogP contribution in [0.1, 0.15) is 19.5 Å². The van der Waals surface area contributed by atoms with E-state index in [2.05, 4.69) is 29.1 Å². The number of carbonyl (C=O) groups excluding carboxylic acids is 1. The van der Waals surface area contributed by atoms with E-state index in [0.717, 1.165) is 11.4 Å². The van der Waals surface area contributed by atoms with Gasteiger partial charge in [0.15, 0.2) is 5.16 Å². The van der Waals surface area contributed by atoms with E-state index in [0.29, 0.717) is 16.2 Å². The van der Waals surface area contributed by atoms with Crippen molar-refractivity contribution in [2.45, 2.75) is 30.0 Å². The van der Waals surface area contributed by atoms with Crippen molar-refractivity contribution >= 4 is 35.1 Å². The number of aromatic amines is 1. The molecule has 0 radical (unpaired) electrons. The minimum absolute atomic E-state index is 0.134. The minimum atomic E-state index is -0.190. The molecule has 1 aromatic heterocycles. The van der Waals surface area contributed by atoms with Crippen molar-refractivity contribution in [3.63, 3.8) is 0 Å². The van der Waals surface area contributed by atoms with E-state index in [4.69, 9.17) is 0 Å². The van der Waals surface area contributed by atoms with Gasteiger partial charge in [-0.3, -0.25) is 9.59 Å². The quantitative estimate of drug-likeness (QED) is 0.593. The number of anilines is 1. The van der Waals surface area contributed by atoms with E-state index in [-0.39, 0.29) is 17.2 Å². The summed E-state index contributed by atoms with van der Waals surface area (Å²) in [7, 11) is 0. The molecule has 2 N–H and O–H groups in total. The van der Waals surface area contributed by atoms with Crippen LogP contribution in [0.25, 0.3) is 0 Å². The van der Waals surface area contributed by atoms with E-state index in [1.165, 1.54) is 17.8 Å². The lowest BCUT2D eigenvalue weighted by Crippen LogP contribution is -2.15. The number of rotatable bonds is 7. The molecular weight excluding hydrogens is 330 g/mol. The van der Waals surface area contributed by atoms with Crippen LogP contribution in [0.2, 0.25) is 0 Å². The summed E-state index contributed by atoms with van der Waals surface area (Å²) in [4.78, 5) is 30.6. The molecule has 1 heterocycles. The number of hydrogen-bond acceptors (Lipinski definition) is 5. The van der Waals surface area contributed by atoms with Gasteiger partial charge in [-0.25, -0.2) is 4.98 Å². The summed E-state index contributed by atoms with van der Waals surface area (Å²) in [6, 6.07) is 10.8. The zero-order valence-electron chi connectivity index (χ0n) is 13.0. The number of aromatic nitrogens is 2. The number of carbonyl (C=O) groups is 1. The Morgan fingerprint density at radius 3 is 2.74 bits per heavy atom. The van der Waals surface area contributed by atoms with Crippen LogP contribution in [-0.4, -0.2) is 26.9 Å². The molecule has 2 aromatic rings. The monoisotopic (exact) mass is 349 g/mol. The Morgan fingerprint density at radius 1 is 1.30 bits per heavy atom. The molecule has 1 aromatic carbocycles. The van der Waals surface area contributed by atoms with Gasteiger partial charge in [0.1, 0.15) is 0 Å². The Labute approximate surface area is 143 Å². The van der Waals surface area contributed by atoms with Crippen LogP contribution < -0.4 is 10.9 Å². The molecule has 7 heteroatoms. The first-order valence-corrected chi connectivity index (χ1v) is 9.26. The average Bonchev–Trinajstić information content (AvgIpc) is 2.51. The molecule has 2 rings (SSSR count). The maximum Gasteiger partial charge on any atom is 0.251 e. The van der Waals surface area contributed by atoms with Gasteiger partial charge in [0.05, 0.1) is 11.4 Å². The summed E-state index contributed by atoms with van der Waals surface area (Å²) < 4.78 is 0. The van der Waals surface area contributed by atoms with Gasteiger partial charge in [0.25, 0.3) is 5.56 Å². The SMILES string of the molecule is CC(C)SCc1cc(=O)[nH]c(SCC(=O)Nc2ccccc2)n1. The molecule has 0 saturated carbocycles. The van der Waals surface area contributed by atoms with Crippen molar-refractivity contribution in [1.29, 1.82) is 0 Å². The van der Waals surface area contributed by atoms with Crippen molar-refractivity contribution in [2.24, 2.45) is 0 Å². The lowest BCUT2D eigenvalue weighted by atomic mass is 10.3. The summed E-state index contributed by atoms with van der Waals surface area (Å²) in [5.74, 6) is 0.745. The second-order valence-corrected chi connectivity index (χ2v) is 7.63. The van der Waals surface area contributed by atoms with Gasteiger partial charge >= 0.3 is 0 Å². The molecule has 122 valence electrons. The molecular formula is C16H19N3O2S2. The van der Waals surface area contributed by atoms with Gasteiger partial charge < -0.3 is 10.3 Å². The van der Waals surface area contributed by atoms with E-state index in [1.807, 2.05) is 30.3 Å². The van der Waals surface area contributed by atoms with Crippen LogP contribution >= 0.6 is 23.5 Å². The third kappa shape index (κ3) is 6.50. The fourth-order valence-electron chi connectivity index (χ4n) is 1.73. The zero-order chi connectivity index (χ0) is 16.7. The van der Waals surface area contributed by atoms with E-state index in [1.54, 1.807) is 11.8 Å². The third-order valence-electron chi connectivity index (χ3n) is 2.74. The molecule has 1 amide bonds. The van der Waals surface area contributed by atoms with Crippen molar-refractivity contribution in [2.75, 3.05) is 11.1 Å². The lowest BCUT2D eigenvalue weighted by Gasteiger charge is -2.07. The van der Waals surface area contributed by atoms with Crippen molar-refractivity contribution in [3.8, 4) is 0 Å². The van der Waals surface area contributed by atoms with Crippen LogP contribution in [0.15, 0.2) is 46.3 Å². The normalized spacial score (nSPS) is 10.7. The summed E-state index contributed by atoms with van der Waals surface area (Å²) in [5.41, 5.74) is 1.30. The summed E-state index contributed by atoms with van der Waals surface area (Å²) >= 11 is 2.95. The highest BCUT2D eigenvalue weighted by molar-refractivity contribution is 7.99. The van der Waals surface area contributed by atoms with Gasteiger partial charge in [0, 0.05) is 17.5 Å². The lowest BCUT2D eigenvalue weighted by molar-refractivity contribution is -0.113. The molecule has 0 aliphatic heterocycles.